The summed E-state index contributed by atoms with van der Waals surface area (Å²) in [6, 6.07) is -0.621. The smallest absolute Gasteiger partial charge is 0.311 e. The van der Waals surface area contributed by atoms with E-state index in [-0.39, 0.29) is 68.6 Å². The van der Waals surface area contributed by atoms with E-state index in [1.54, 1.807) is 96.9 Å². The van der Waals surface area contributed by atoms with Crippen molar-refractivity contribution in [1.29, 1.82) is 0 Å². The minimum absolute atomic E-state index is 0.00783. The molecule has 602 valence electrons. The van der Waals surface area contributed by atoms with Gasteiger partial charge in [-0.15, -0.1) is 0 Å². The summed E-state index contributed by atoms with van der Waals surface area (Å²) in [5.74, 6) is -9.46. The lowest BCUT2D eigenvalue weighted by molar-refractivity contribution is -0.318. The number of esters is 2. The highest BCUT2D eigenvalue weighted by Crippen LogP contribution is 2.45. The maximum absolute atomic E-state index is 14.2. The highest BCUT2D eigenvalue weighted by atomic mass is 16.7. The number of aliphatic hydroxyl groups excluding tert-OH is 6. The molecular formula is C76H138N2O25. The Morgan fingerprint density at radius 1 is 0.466 bits per heavy atom. The Labute approximate surface area is 614 Å². The zero-order chi connectivity index (χ0) is 78.4. The quantitative estimate of drug-likeness (QED) is 0.0892. The van der Waals surface area contributed by atoms with Gasteiger partial charge in [0.1, 0.15) is 53.8 Å². The highest BCUT2D eigenvalue weighted by Gasteiger charge is 2.57. The summed E-state index contributed by atoms with van der Waals surface area (Å²) in [6.07, 6.45) is -17.1. The van der Waals surface area contributed by atoms with Gasteiger partial charge in [-0.05, 0) is 149 Å². The average molecular weight is 1480 g/mol. The van der Waals surface area contributed by atoms with Crippen molar-refractivity contribution >= 4 is 23.5 Å². The fourth-order valence-corrected chi connectivity index (χ4v) is 17.4. The molecule has 6 fully saturated rings. The molecule has 6 aliphatic rings. The second-order valence-electron chi connectivity index (χ2n) is 33.0. The molecular weight excluding hydrogens is 1340 g/mol. The molecule has 6 unspecified atom stereocenters. The van der Waals surface area contributed by atoms with Gasteiger partial charge in [-0.25, -0.2) is 0 Å². The minimum Gasteiger partial charge on any atom is -0.462 e. The van der Waals surface area contributed by atoms with Gasteiger partial charge in [0.15, 0.2) is 25.2 Å². The van der Waals surface area contributed by atoms with Crippen molar-refractivity contribution in [2.24, 2.45) is 53.3 Å². The number of methoxy groups -OCH3 is 2. The summed E-state index contributed by atoms with van der Waals surface area (Å²) in [5.41, 5.74) is -7.54. The van der Waals surface area contributed by atoms with Crippen LogP contribution in [0.15, 0.2) is 0 Å². The standard InChI is InChI=1S/C38H69NO13.C38H69NO12/c1-14-26-38(46,15-2)31(42)21(5)28(40)19(3)17-36(9,45)33(52-35-29(41)25(39(11)12)16-20(4)48-35)22(6)30(23(7)34(44)50-26)51-27-18-37(10,47-13)32(43)24(8)49-27;1-14-25-27(15-2)49-35(44)23(7)32(50-28-18-38(10,46-13)33(43)24(8)48-28)22(6)34(37(9,45)17-19(3)29(40)21(5)30(25)41)51-36-31(42)26(39(11)12)16-20(4)47-36/h19-27,29-33,35,41-43,45-46H,14-18H2,1-13H3;19-28,30-34,36,41-43,45H,14-18H2,1-13H3/t19-,20-,21?,22+,23-,24+,25+,26-,27?,29-,30+,31-,32+,33-,35?,36-,37-,38-;19-,20-,21?,22+,23-,24+,25+,26+,27-,28?,30-,31-,32+,33+,34-,36?,37-,38-/m11/s1. The number of nitrogens with zero attached hydrogens (tertiary/aromatic N) is 2. The molecule has 27 nitrogen and oxygen atoms in total. The summed E-state index contributed by atoms with van der Waals surface area (Å²) in [5, 5.41) is 105. The van der Waals surface area contributed by atoms with Crippen LogP contribution in [0.4, 0.5) is 0 Å². The Morgan fingerprint density at radius 3 is 1.18 bits per heavy atom. The van der Waals surface area contributed by atoms with Crippen LogP contribution in [0.5, 0.6) is 0 Å². The van der Waals surface area contributed by atoms with Crippen molar-refractivity contribution < 1.29 is 122 Å². The van der Waals surface area contributed by atoms with Gasteiger partial charge in [0.25, 0.3) is 0 Å². The Hall–Kier alpha value is -2.56. The third-order valence-electron chi connectivity index (χ3n) is 24.2. The predicted octanol–water partition coefficient (Wildman–Crippen LogP) is 5.24. The molecule has 0 saturated carbocycles. The first-order valence-corrected chi connectivity index (χ1v) is 38.0. The van der Waals surface area contributed by atoms with E-state index >= 15 is 0 Å². The third-order valence-corrected chi connectivity index (χ3v) is 24.2. The lowest BCUT2D eigenvalue weighted by Crippen LogP contribution is -2.61. The number of rotatable bonds is 16. The first kappa shape index (κ1) is 91.1. The number of hydrogen-bond donors (Lipinski definition) is 9. The van der Waals surface area contributed by atoms with E-state index in [1.165, 1.54) is 28.1 Å². The van der Waals surface area contributed by atoms with Gasteiger partial charge >= 0.3 is 11.9 Å². The highest BCUT2D eigenvalue weighted by molar-refractivity contribution is 5.84. The molecule has 0 radical (unpaired) electrons. The van der Waals surface area contributed by atoms with E-state index in [9.17, 15) is 65.1 Å². The first-order valence-electron chi connectivity index (χ1n) is 38.0. The van der Waals surface area contributed by atoms with Gasteiger partial charge in [-0.3, -0.25) is 19.2 Å². The Bertz CT molecular complexity index is 2680. The Balaban J connectivity index is 0.000000371. The summed E-state index contributed by atoms with van der Waals surface area (Å²) < 4.78 is 74.7. The molecule has 6 rings (SSSR count). The van der Waals surface area contributed by atoms with E-state index in [4.69, 9.17) is 56.8 Å². The molecule has 6 saturated heterocycles. The molecule has 103 heavy (non-hydrogen) atoms. The molecule has 0 aromatic carbocycles. The number of carbonyl (C=O) groups excluding carboxylic acids is 4. The zero-order valence-electron chi connectivity index (χ0n) is 66.9. The molecule has 0 aromatic rings. The SMILES string of the molecule is CC[C@@H]1[C@H](O)C(C)C(=O)[C@H](C)C[C@@](C)(O)[C@H](OC2O[C@H](C)C[C@H](N(C)C)[C@H]2O)[C@@H](C)[C@H](OC2C[C@@](C)(OC)[C@@H](O)[C@H](C)O2)[C@@H](C)C(=O)O[C@@H]1CC.CC[C@H]1OC(=O)[C@H](C)[C@@H](OC2C[C@@](C)(OC)[C@@H](O)[C@H](C)O2)[C@H](C)[C@@H](OC2O[C@H](C)C[C@H](N(C)C)[C@H]2O)[C@](C)(O)C[C@@H](C)C(=O)C(C)[C@@H](O)[C@@]1(O)CC. The normalized spacial score (nSPS) is 48.7. The Kier molecular flexibility index (Phi) is 33.1. The molecule has 0 aromatic heterocycles. The van der Waals surface area contributed by atoms with Crippen LogP contribution in [-0.4, -0.2) is 285 Å². The number of ketones is 2. The second-order valence-corrected chi connectivity index (χ2v) is 33.0. The lowest BCUT2D eigenvalue weighted by atomic mass is 9.73. The third kappa shape index (κ3) is 20.9. The fraction of sp³-hybridized carbons (Fsp3) is 0.947. The molecule has 0 spiro atoms. The van der Waals surface area contributed by atoms with Crippen molar-refractivity contribution in [3.63, 3.8) is 0 Å². The zero-order valence-corrected chi connectivity index (χ0v) is 66.9. The van der Waals surface area contributed by atoms with Gasteiger partial charge in [0.05, 0.1) is 95.3 Å². The van der Waals surface area contributed by atoms with Crippen LogP contribution in [0.25, 0.3) is 0 Å². The number of carbonyl (C=O) groups is 4. The number of Topliss-reactive ketones (excluding diaryl/α,β-unsaturated/α-hetero) is 2. The van der Waals surface area contributed by atoms with Crippen LogP contribution in [-0.2, 0) is 76.0 Å². The van der Waals surface area contributed by atoms with E-state index in [2.05, 4.69) is 0 Å². The maximum Gasteiger partial charge on any atom is 0.311 e. The molecule has 0 bridgehead atoms. The molecule has 0 aliphatic carbocycles. The van der Waals surface area contributed by atoms with Crippen molar-refractivity contribution in [3.05, 3.63) is 0 Å². The Morgan fingerprint density at radius 2 is 0.845 bits per heavy atom. The number of ether oxygens (including phenoxy) is 12. The number of likely N-dealkylation sites (N-methyl/N-ethyl adjacent to an activating group) is 2. The van der Waals surface area contributed by atoms with Crippen molar-refractivity contribution in [2.45, 2.75) is 366 Å². The summed E-state index contributed by atoms with van der Waals surface area (Å²) in [6.45, 7) is 34.3. The van der Waals surface area contributed by atoms with E-state index < -0.39 is 210 Å². The van der Waals surface area contributed by atoms with Crippen LogP contribution >= 0.6 is 0 Å². The second kappa shape index (κ2) is 37.4. The van der Waals surface area contributed by atoms with Crippen LogP contribution in [0, 0.1) is 53.3 Å². The van der Waals surface area contributed by atoms with Crippen molar-refractivity contribution in [1.82, 2.24) is 9.80 Å². The first-order chi connectivity index (χ1) is 47.6. The number of hydrogen-bond acceptors (Lipinski definition) is 27. The summed E-state index contributed by atoms with van der Waals surface area (Å²) in [7, 11) is 10.4. The van der Waals surface area contributed by atoms with E-state index in [0.717, 1.165) is 0 Å². The van der Waals surface area contributed by atoms with Crippen LogP contribution in [0.3, 0.4) is 0 Å². The van der Waals surface area contributed by atoms with Crippen LogP contribution in [0.2, 0.25) is 0 Å². The van der Waals surface area contributed by atoms with Crippen LogP contribution in [0.1, 0.15) is 203 Å². The molecule has 9 N–H and O–H groups in total. The van der Waals surface area contributed by atoms with E-state index in [1.807, 2.05) is 65.7 Å². The predicted molar refractivity (Wildman–Crippen MR) is 380 cm³/mol. The lowest BCUT2D eigenvalue weighted by Gasteiger charge is -2.49. The van der Waals surface area contributed by atoms with Gasteiger partial charge in [-0.1, -0.05) is 69.2 Å². The van der Waals surface area contributed by atoms with E-state index in [0.29, 0.717) is 25.7 Å². The molecule has 6 aliphatic heterocycles. The molecule has 0 amide bonds. The number of cyclic esters (lactones) is 2. The maximum atomic E-state index is 14.2. The van der Waals surface area contributed by atoms with Gasteiger partial charge in [0, 0.05) is 80.6 Å². The van der Waals surface area contributed by atoms with Crippen LogP contribution < -0.4 is 0 Å². The monoisotopic (exact) mass is 1480 g/mol. The van der Waals surface area contributed by atoms with Crippen molar-refractivity contribution in [3.8, 4) is 0 Å². The summed E-state index contributed by atoms with van der Waals surface area (Å²) in [4.78, 5) is 59.9. The average Bonchev–Trinajstić information content (AvgIpc) is 0.779. The van der Waals surface area contributed by atoms with Gasteiger partial charge < -0.3 is 113 Å². The minimum atomic E-state index is -1.95. The number of aliphatic hydroxyl groups is 9. The fourth-order valence-electron chi connectivity index (χ4n) is 17.4. The van der Waals surface area contributed by atoms with Gasteiger partial charge in [0.2, 0.25) is 0 Å². The van der Waals surface area contributed by atoms with Gasteiger partial charge in [-0.2, -0.15) is 0 Å². The topological polar surface area (TPSA) is 368 Å². The molecule has 6 heterocycles. The summed E-state index contributed by atoms with van der Waals surface area (Å²) >= 11 is 0. The molecule has 36 atom stereocenters. The molecule has 27 heteroatoms. The largest absolute Gasteiger partial charge is 0.462 e. The van der Waals surface area contributed by atoms with Crippen molar-refractivity contribution in [2.75, 3.05) is 42.4 Å².